The molecule has 58 valence electrons. The molecule has 0 spiro atoms. The highest BCUT2D eigenvalue weighted by Crippen LogP contribution is 2.22. The Morgan fingerprint density at radius 3 is 2.83 bits per heavy atom. The van der Waals surface area contributed by atoms with Gasteiger partial charge in [-0.25, -0.2) is 4.39 Å². The summed E-state index contributed by atoms with van der Waals surface area (Å²) in [6.45, 7) is 0. The van der Waals surface area contributed by atoms with Crippen LogP contribution in [0.1, 0.15) is 17.5 Å². The third kappa shape index (κ3) is 0.968. The van der Waals surface area contributed by atoms with Gasteiger partial charge in [-0.05, 0) is 24.5 Å². The maximum absolute atomic E-state index is 13.2. The summed E-state index contributed by atoms with van der Waals surface area (Å²) in [5.41, 5.74) is 2.17. The first kappa shape index (κ1) is 7.53. The van der Waals surface area contributed by atoms with Crippen LogP contribution in [0, 0.1) is 11.2 Å². The van der Waals surface area contributed by atoms with Crippen molar-refractivity contribution in [1.82, 2.24) is 0 Å². The summed E-state index contributed by atoms with van der Waals surface area (Å²) in [5.74, 6) is -0.354. The molecule has 12 heavy (non-hydrogen) atoms. The summed E-state index contributed by atoms with van der Waals surface area (Å²) in [6, 6.07) is 3.03. The number of hydrogen-bond donors (Lipinski definition) is 1. The van der Waals surface area contributed by atoms with Gasteiger partial charge in [0.25, 0.3) is 0 Å². The highest BCUT2D eigenvalue weighted by atomic mass is 19.1. The van der Waals surface area contributed by atoms with Gasteiger partial charge in [0.2, 0.25) is 0 Å². The molecule has 0 heterocycles. The van der Waals surface area contributed by atoms with Gasteiger partial charge in [-0.15, -0.1) is 0 Å². The smallest absolute Gasteiger partial charge is 0.131 e. The number of hydrogen-bond acceptors (Lipinski definition) is 1. The molecule has 2 radical (unpaired) electrons. The molecule has 0 bridgehead atoms. The fraction of sp³-hybridized carbons (Fsp3) is 0.222. The van der Waals surface area contributed by atoms with Crippen molar-refractivity contribution in [2.75, 3.05) is 0 Å². The van der Waals surface area contributed by atoms with Gasteiger partial charge in [0, 0.05) is 11.3 Å². The second-order valence-corrected chi connectivity index (χ2v) is 3.02. The third-order valence-electron chi connectivity index (χ3n) is 2.14. The Hall–Kier alpha value is -1.12. The molecule has 1 aromatic carbocycles. The van der Waals surface area contributed by atoms with Crippen molar-refractivity contribution < 1.29 is 4.39 Å². The van der Waals surface area contributed by atoms with Gasteiger partial charge in [-0.2, -0.15) is 0 Å². The molecule has 0 unspecified atom stereocenters. The number of halogens is 1. The Bertz CT molecular complexity index is 360. The van der Waals surface area contributed by atoms with E-state index in [1.165, 1.54) is 6.07 Å². The molecule has 0 atom stereocenters. The molecule has 0 aromatic heterocycles. The lowest BCUT2D eigenvalue weighted by atomic mass is 9.92. The Labute approximate surface area is 71.5 Å². The van der Waals surface area contributed by atoms with Crippen LogP contribution in [0.5, 0.6) is 0 Å². The highest BCUT2D eigenvalue weighted by molar-refractivity contribution is 6.32. The van der Waals surface area contributed by atoms with Crippen LogP contribution in [-0.4, -0.2) is 13.6 Å². The summed E-state index contributed by atoms with van der Waals surface area (Å²) < 4.78 is 13.2. The first-order valence-corrected chi connectivity index (χ1v) is 3.84. The van der Waals surface area contributed by atoms with Crippen molar-refractivity contribution in [1.29, 1.82) is 5.41 Å². The standard InChI is InChI=1S/C9H7BFN/c10-6-3-5-1-2-8(12)9(5)7(11)4-6/h3-4,12H,1-2H2. The van der Waals surface area contributed by atoms with E-state index in [1.807, 2.05) is 0 Å². The maximum Gasteiger partial charge on any atom is 0.131 e. The molecule has 1 aliphatic carbocycles. The molecular formula is C9H7BFN. The predicted octanol–water partition coefficient (Wildman–Crippen LogP) is 0.934. The quantitative estimate of drug-likeness (QED) is 0.544. The zero-order chi connectivity index (χ0) is 8.72. The van der Waals surface area contributed by atoms with E-state index in [2.05, 4.69) is 0 Å². The molecule has 0 saturated heterocycles. The van der Waals surface area contributed by atoms with E-state index in [0.717, 1.165) is 12.0 Å². The van der Waals surface area contributed by atoms with E-state index in [-0.39, 0.29) is 5.82 Å². The minimum atomic E-state index is -0.354. The number of fused-ring (bicyclic) bond motifs is 1. The Kier molecular flexibility index (Phi) is 1.53. The van der Waals surface area contributed by atoms with E-state index in [1.54, 1.807) is 6.07 Å². The molecule has 1 N–H and O–H groups in total. The summed E-state index contributed by atoms with van der Waals surface area (Å²) >= 11 is 0. The van der Waals surface area contributed by atoms with Gasteiger partial charge < -0.3 is 5.41 Å². The van der Waals surface area contributed by atoms with Crippen LogP contribution in [0.4, 0.5) is 4.39 Å². The van der Waals surface area contributed by atoms with Gasteiger partial charge in [0.15, 0.2) is 0 Å². The zero-order valence-corrected chi connectivity index (χ0v) is 6.52. The van der Waals surface area contributed by atoms with E-state index in [9.17, 15) is 4.39 Å². The lowest BCUT2D eigenvalue weighted by Crippen LogP contribution is -2.07. The van der Waals surface area contributed by atoms with Crippen molar-refractivity contribution in [2.24, 2.45) is 0 Å². The van der Waals surface area contributed by atoms with Gasteiger partial charge in [0.1, 0.15) is 13.7 Å². The zero-order valence-electron chi connectivity index (χ0n) is 6.52. The highest BCUT2D eigenvalue weighted by Gasteiger charge is 2.20. The second kappa shape index (κ2) is 2.44. The fourth-order valence-electron chi connectivity index (χ4n) is 1.61. The molecular weight excluding hydrogens is 152 g/mol. The SMILES string of the molecule is [B]c1cc(F)c2c(c1)CCC2=N. The number of aryl methyl sites for hydroxylation is 1. The second-order valence-electron chi connectivity index (χ2n) is 3.02. The third-order valence-corrected chi connectivity index (χ3v) is 2.14. The Balaban J connectivity index is 2.68. The molecule has 0 aliphatic heterocycles. The average Bonchev–Trinajstić information content (AvgIpc) is 2.31. The number of benzene rings is 1. The fourth-order valence-corrected chi connectivity index (χ4v) is 1.61. The summed E-state index contributed by atoms with van der Waals surface area (Å²) in [7, 11) is 5.47. The molecule has 0 saturated carbocycles. The van der Waals surface area contributed by atoms with Gasteiger partial charge >= 0.3 is 0 Å². The van der Waals surface area contributed by atoms with Crippen molar-refractivity contribution in [2.45, 2.75) is 12.8 Å². The van der Waals surface area contributed by atoms with Gasteiger partial charge in [0.05, 0.1) is 0 Å². The minimum Gasteiger partial charge on any atom is -0.305 e. The lowest BCUT2D eigenvalue weighted by molar-refractivity contribution is 0.626. The van der Waals surface area contributed by atoms with Crippen molar-refractivity contribution in [3.05, 3.63) is 29.1 Å². The van der Waals surface area contributed by atoms with Crippen LogP contribution in [0.25, 0.3) is 0 Å². The Morgan fingerprint density at radius 1 is 1.33 bits per heavy atom. The lowest BCUT2D eigenvalue weighted by Gasteiger charge is -2.02. The summed E-state index contributed by atoms with van der Waals surface area (Å²) in [5, 5.41) is 7.46. The Morgan fingerprint density at radius 2 is 2.08 bits per heavy atom. The van der Waals surface area contributed by atoms with Crippen LogP contribution in [0.2, 0.25) is 0 Å². The first-order valence-electron chi connectivity index (χ1n) is 3.84. The first-order chi connectivity index (χ1) is 5.68. The van der Waals surface area contributed by atoms with Crippen molar-refractivity contribution >= 4 is 19.0 Å². The molecule has 1 aliphatic rings. The van der Waals surface area contributed by atoms with Crippen LogP contribution in [0.15, 0.2) is 12.1 Å². The van der Waals surface area contributed by atoms with Crippen molar-refractivity contribution in [3.63, 3.8) is 0 Å². The minimum absolute atomic E-state index is 0.354. The van der Waals surface area contributed by atoms with E-state index in [0.29, 0.717) is 23.2 Å². The predicted molar refractivity (Wildman–Crippen MR) is 46.9 cm³/mol. The monoisotopic (exact) mass is 159 g/mol. The molecule has 0 amide bonds. The number of nitrogens with one attached hydrogen (secondary N) is 1. The summed E-state index contributed by atoms with van der Waals surface area (Å²) in [4.78, 5) is 0. The van der Waals surface area contributed by atoms with Crippen molar-refractivity contribution in [3.8, 4) is 0 Å². The molecule has 0 fully saturated rings. The topological polar surface area (TPSA) is 23.9 Å². The van der Waals surface area contributed by atoms with Crippen LogP contribution in [0.3, 0.4) is 0 Å². The van der Waals surface area contributed by atoms with E-state index < -0.39 is 0 Å². The molecule has 1 aromatic rings. The maximum atomic E-state index is 13.2. The normalized spacial score (nSPS) is 14.9. The van der Waals surface area contributed by atoms with E-state index >= 15 is 0 Å². The number of rotatable bonds is 0. The molecule has 2 rings (SSSR count). The van der Waals surface area contributed by atoms with Crippen LogP contribution >= 0.6 is 0 Å². The van der Waals surface area contributed by atoms with Gasteiger partial charge in [-0.3, -0.25) is 0 Å². The molecule has 3 heteroatoms. The van der Waals surface area contributed by atoms with Gasteiger partial charge in [-0.1, -0.05) is 11.5 Å². The summed E-state index contributed by atoms with van der Waals surface area (Å²) in [6.07, 6.45) is 1.38. The largest absolute Gasteiger partial charge is 0.305 e. The van der Waals surface area contributed by atoms with Crippen LogP contribution < -0.4 is 5.46 Å². The average molecular weight is 159 g/mol. The van der Waals surface area contributed by atoms with E-state index in [4.69, 9.17) is 13.3 Å². The molecule has 1 nitrogen and oxygen atoms in total. The van der Waals surface area contributed by atoms with Crippen LogP contribution in [-0.2, 0) is 6.42 Å².